The van der Waals surface area contributed by atoms with Crippen LogP contribution in [0.1, 0.15) is 39.7 Å². The number of rotatable bonds is 8. The van der Waals surface area contributed by atoms with E-state index in [1.54, 1.807) is 0 Å². The maximum absolute atomic E-state index is 12.0. The van der Waals surface area contributed by atoms with E-state index < -0.39 is 0 Å². The fourth-order valence-electron chi connectivity index (χ4n) is 1.75. The van der Waals surface area contributed by atoms with Crippen molar-refractivity contribution >= 4 is 21.8 Å². The molecule has 0 radical (unpaired) electrons. The van der Waals surface area contributed by atoms with Crippen LogP contribution in [0.25, 0.3) is 0 Å². The summed E-state index contributed by atoms with van der Waals surface area (Å²) < 4.78 is 6.58. The summed E-state index contributed by atoms with van der Waals surface area (Å²) in [6, 6.07) is 5.87. The third-order valence-electron chi connectivity index (χ3n) is 3.32. The van der Waals surface area contributed by atoms with Gasteiger partial charge in [-0.3, -0.25) is 4.79 Å². The average Bonchev–Trinajstić information content (AvgIpc) is 2.43. The maximum atomic E-state index is 12.0. The third-order valence-corrected chi connectivity index (χ3v) is 3.95. The van der Waals surface area contributed by atoms with E-state index in [4.69, 9.17) is 4.74 Å². The second-order valence-electron chi connectivity index (χ2n) is 5.58. The van der Waals surface area contributed by atoms with E-state index in [1.165, 1.54) is 0 Å². The van der Waals surface area contributed by atoms with Crippen LogP contribution in [-0.4, -0.2) is 24.6 Å². The van der Waals surface area contributed by atoms with Gasteiger partial charge >= 0.3 is 0 Å². The Morgan fingerprint density at radius 3 is 2.67 bits per heavy atom. The molecule has 0 aliphatic heterocycles. The highest BCUT2D eigenvalue weighted by atomic mass is 79.9. The molecule has 1 aromatic carbocycles. The van der Waals surface area contributed by atoms with Crippen LogP contribution < -0.4 is 15.4 Å². The van der Waals surface area contributed by atoms with Crippen molar-refractivity contribution in [3.05, 3.63) is 28.2 Å². The van der Waals surface area contributed by atoms with Crippen molar-refractivity contribution in [2.45, 2.75) is 46.2 Å². The van der Waals surface area contributed by atoms with Gasteiger partial charge in [0.25, 0.3) is 5.91 Å². The monoisotopic (exact) mass is 356 g/mol. The lowest BCUT2D eigenvalue weighted by molar-refractivity contribution is -0.124. The summed E-state index contributed by atoms with van der Waals surface area (Å²) in [5, 5.41) is 6.23. The molecule has 0 aliphatic rings. The van der Waals surface area contributed by atoms with E-state index >= 15 is 0 Å². The molecule has 118 valence electrons. The highest BCUT2D eigenvalue weighted by Crippen LogP contribution is 2.29. The van der Waals surface area contributed by atoms with Crippen molar-refractivity contribution < 1.29 is 9.53 Å². The molecule has 0 saturated heterocycles. The Balaban J connectivity index is 2.68. The molecular weight excluding hydrogens is 332 g/mol. The average molecular weight is 357 g/mol. The first-order valence-electron chi connectivity index (χ1n) is 7.31. The molecule has 1 rings (SSSR count). The van der Waals surface area contributed by atoms with Gasteiger partial charge in [0.2, 0.25) is 0 Å². The minimum Gasteiger partial charge on any atom is -0.482 e. The largest absolute Gasteiger partial charge is 0.482 e. The van der Waals surface area contributed by atoms with Crippen molar-refractivity contribution in [1.29, 1.82) is 0 Å². The molecule has 0 aromatic heterocycles. The van der Waals surface area contributed by atoms with Gasteiger partial charge < -0.3 is 15.4 Å². The number of hydrogen-bond acceptors (Lipinski definition) is 3. The summed E-state index contributed by atoms with van der Waals surface area (Å²) in [6.45, 7) is 9.72. The molecule has 4 nitrogen and oxygen atoms in total. The van der Waals surface area contributed by atoms with Gasteiger partial charge in [0.05, 0.1) is 4.47 Å². The standard InChI is InChI=1S/C16H25BrN2O2/c1-5-16(3,4)19-14(20)11-21-15-12(10-18-6-2)8-7-9-13(15)17/h7-9,18H,5-6,10-11H2,1-4H3,(H,19,20). The number of halogens is 1. The summed E-state index contributed by atoms with van der Waals surface area (Å²) in [5.74, 6) is 0.620. The molecule has 5 heteroatoms. The molecular formula is C16H25BrN2O2. The highest BCUT2D eigenvalue weighted by molar-refractivity contribution is 9.10. The van der Waals surface area contributed by atoms with E-state index in [-0.39, 0.29) is 18.1 Å². The highest BCUT2D eigenvalue weighted by Gasteiger charge is 2.18. The zero-order valence-corrected chi connectivity index (χ0v) is 14.8. The summed E-state index contributed by atoms with van der Waals surface area (Å²) >= 11 is 3.48. The number of carbonyl (C=O) groups is 1. The van der Waals surface area contributed by atoms with Crippen molar-refractivity contribution in [1.82, 2.24) is 10.6 Å². The fraction of sp³-hybridized carbons (Fsp3) is 0.562. The van der Waals surface area contributed by atoms with Crippen molar-refractivity contribution in [3.8, 4) is 5.75 Å². The van der Waals surface area contributed by atoms with Gasteiger partial charge in [0.1, 0.15) is 5.75 Å². The molecule has 1 amide bonds. The Bertz CT molecular complexity index is 475. The molecule has 0 bridgehead atoms. The second-order valence-corrected chi connectivity index (χ2v) is 6.44. The summed E-state index contributed by atoms with van der Waals surface area (Å²) in [5.41, 5.74) is 0.829. The molecule has 0 saturated carbocycles. The summed E-state index contributed by atoms with van der Waals surface area (Å²) in [6.07, 6.45) is 0.874. The SMILES string of the molecule is CCNCc1cccc(Br)c1OCC(=O)NC(C)(C)CC. The van der Waals surface area contributed by atoms with E-state index in [1.807, 2.05) is 39.0 Å². The molecule has 21 heavy (non-hydrogen) atoms. The van der Waals surface area contributed by atoms with Crippen LogP contribution in [0.15, 0.2) is 22.7 Å². The van der Waals surface area contributed by atoms with Crippen LogP contribution in [0.3, 0.4) is 0 Å². The van der Waals surface area contributed by atoms with Crippen LogP contribution in [0, 0.1) is 0 Å². The topological polar surface area (TPSA) is 50.4 Å². The minimum absolute atomic E-state index is 0.0190. The zero-order chi connectivity index (χ0) is 15.9. The van der Waals surface area contributed by atoms with E-state index in [9.17, 15) is 4.79 Å². The molecule has 0 atom stereocenters. The first-order valence-corrected chi connectivity index (χ1v) is 8.10. The lowest BCUT2D eigenvalue weighted by atomic mass is 10.0. The third kappa shape index (κ3) is 6.06. The second kappa shape index (κ2) is 8.39. The van der Waals surface area contributed by atoms with Crippen LogP contribution in [-0.2, 0) is 11.3 Å². The van der Waals surface area contributed by atoms with Gasteiger partial charge in [-0.1, -0.05) is 26.0 Å². The number of nitrogens with one attached hydrogen (secondary N) is 2. The van der Waals surface area contributed by atoms with Gasteiger partial charge in [-0.25, -0.2) is 0 Å². The lowest BCUT2D eigenvalue weighted by Crippen LogP contribution is -2.45. The predicted molar refractivity (Wildman–Crippen MR) is 89.5 cm³/mol. The quantitative estimate of drug-likeness (QED) is 0.751. The predicted octanol–water partition coefficient (Wildman–Crippen LogP) is 3.24. The maximum Gasteiger partial charge on any atom is 0.258 e. The summed E-state index contributed by atoms with van der Waals surface area (Å²) in [4.78, 5) is 12.0. The number of benzene rings is 1. The first-order chi connectivity index (χ1) is 9.89. The summed E-state index contributed by atoms with van der Waals surface area (Å²) in [7, 11) is 0. The smallest absolute Gasteiger partial charge is 0.258 e. The van der Waals surface area contributed by atoms with E-state index in [0.29, 0.717) is 6.54 Å². The van der Waals surface area contributed by atoms with Gasteiger partial charge in [-0.15, -0.1) is 0 Å². The fourth-order valence-corrected chi connectivity index (χ4v) is 2.28. The Morgan fingerprint density at radius 2 is 2.05 bits per heavy atom. The van der Waals surface area contributed by atoms with Crippen molar-refractivity contribution in [2.24, 2.45) is 0 Å². The molecule has 1 aromatic rings. The van der Waals surface area contributed by atoms with Crippen LogP contribution in [0.2, 0.25) is 0 Å². The molecule has 0 spiro atoms. The number of amides is 1. The number of para-hydroxylation sites is 1. The van der Waals surface area contributed by atoms with Crippen LogP contribution in [0.5, 0.6) is 5.75 Å². The lowest BCUT2D eigenvalue weighted by Gasteiger charge is -2.24. The first kappa shape index (κ1) is 18.0. The Morgan fingerprint density at radius 1 is 1.33 bits per heavy atom. The van der Waals surface area contributed by atoms with Crippen molar-refractivity contribution in [3.63, 3.8) is 0 Å². The van der Waals surface area contributed by atoms with Crippen LogP contribution >= 0.6 is 15.9 Å². The van der Waals surface area contributed by atoms with Gasteiger partial charge in [0.15, 0.2) is 6.61 Å². The Hall–Kier alpha value is -1.07. The molecule has 0 aliphatic carbocycles. The van der Waals surface area contributed by atoms with Crippen molar-refractivity contribution in [2.75, 3.05) is 13.2 Å². The normalized spacial score (nSPS) is 11.3. The minimum atomic E-state index is -0.207. The van der Waals surface area contributed by atoms with Gasteiger partial charge in [-0.05, 0) is 48.8 Å². The molecule has 2 N–H and O–H groups in total. The van der Waals surface area contributed by atoms with Gasteiger partial charge in [0, 0.05) is 17.6 Å². The number of hydrogen-bond donors (Lipinski definition) is 2. The number of carbonyl (C=O) groups excluding carboxylic acids is 1. The zero-order valence-electron chi connectivity index (χ0n) is 13.3. The van der Waals surface area contributed by atoms with E-state index in [2.05, 4.69) is 33.5 Å². The Labute approximate surface area is 135 Å². The van der Waals surface area contributed by atoms with Crippen LogP contribution in [0.4, 0.5) is 0 Å². The molecule has 0 heterocycles. The molecule has 0 unspecified atom stereocenters. The number of ether oxygens (including phenoxy) is 1. The van der Waals surface area contributed by atoms with E-state index in [0.717, 1.165) is 28.8 Å². The molecule has 0 fully saturated rings. The van der Waals surface area contributed by atoms with Gasteiger partial charge in [-0.2, -0.15) is 0 Å². The Kier molecular flexibility index (Phi) is 7.18.